The van der Waals surface area contributed by atoms with Gasteiger partial charge in [0.15, 0.2) is 5.78 Å². The molecule has 114 valence electrons. The maximum Gasteiger partial charge on any atom is 0.183 e. The highest BCUT2D eigenvalue weighted by atomic mass is 35.5. The lowest BCUT2D eigenvalue weighted by Crippen LogP contribution is -2.27. The van der Waals surface area contributed by atoms with E-state index in [0.29, 0.717) is 27.2 Å². The molecular formula is C17H14Cl3NO. The van der Waals surface area contributed by atoms with Crippen molar-refractivity contribution in [3.05, 3.63) is 62.9 Å². The van der Waals surface area contributed by atoms with E-state index < -0.39 is 0 Å². The summed E-state index contributed by atoms with van der Waals surface area (Å²) in [5, 5.41) is 1.75. The number of carbonyl (C=O) groups is 1. The van der Waals surface area contributed by atoms with Gasteiger partial charge in [0.05, 0.1) is 5.02 Å². The highest BCUT2D eigenvalue weighted by Crippen LogP contribution is 2.49. The summed E-state index contributed by atoms with van der Waals surface area (Å²) in [5.41, 5.74) is 1.31. The van der Waals surface area contributed by atoms with Crippen molar-refractivity contribution in [3.63, 3.8) is 0 Å². The number of carbonyl (C=O) groups excluding carboxylic acids is 1. The fourth-order valence-corrected chi connectivity index (χ4v) is 3.89. The van der Waals surface area contributed by atoms with Crippen LogP contribution in [0.5, 0.6) is 0 Å². The van der Waals surface area contributed by atoms with Crippen molar-refractivity contribution in [3.8, 4) is 0 Å². The molecule has 1 aromatic heterocycles. The van der Waals surface area contributed by atoms with Crippen molar-refractivity contribution in [2.45, 2.75) is 25.2 Å². The van der Waals surface area contributed by atoms with Gasteiger partial charge in [0.1, 0.15) is 5.69 Å². The Bertz CT molecular complexity index is 697. The van der Waals surface area contributed by atoms with Gasteiger partial charge >= 0.3 is 0 Å². The number of benzene rings is 1. The van der Waals surface area contributed by atoms with Crippen LogP contribution in [0.2, 0.25) is 15.1 Å². The third-order valence-corrected chi connectivity index (χ3v) is 5.22. The molecule has 0 aliphatic heterocycles. The molecule has 0 saturated heterocycles. The van der Waals surface area contributed by atoms with Crippen molar-refractivity contribution < 1.29 is 4.79 Å². The number of halogens is 3. The molecule has 2 nitrogen and oxygen atoms in total. The number of hydrogen-bond donors (Lipinski definition) is 0. The maximum absolute atomic E-state index is 12.4. The Morgan fingerprint density at radius 3 is 2.32 bits per heavy atom. The van der Waals surface area contributed by atoms with E-state index in [2.05, 4.69) is 4.98 Å². The Kier molecular flexibility index (Phi) is 4.72. The molecule has 1 saturated carbocycles. The van der Waals surface area contributed by atoms with Gasteiger partial charge in [-0.25, -0.2) is 0 Å². The highest BCUT2D eigenvalue weighted by Gasteiger charge is 2.36. The van der Waals surface area contributed by atoms with Gasteiger partial charge in [-0.15, -0.1) is 0 Å². The molecule has 1 aliphatic rings. The normalized spacial score (nSPS) is 20.5. The van der Waals surface area contributed by atoms with E-state index >= 15 is 0 Å². The number of hydrogen-bond acceptors (Lipinski definition) is 2. The van der Waals surface area contributed by atoms with Crippen LogP contribution in [0.25, 0.3) is 0 Å². The van der Waals surface area contributed by atoms with Crippen LogP contribution in [-0.2, 0) is 0 Å². The molecule has 0 radical (unpaired) electrons. The maximum atomic E-state index is 12.4. The zero-order chi connectivity index (χ0) is 15.7. The van der Waals surface area contributed by atoms with Gasteiger partial charge in [-0.05, 0) is 54.5 Å². The molecule has 0 unspecified atom stereocenters. The van der Waals surface area contributed by atoms with E-state index in [1.807, 2.05) is 18.2 Å². The second kappa shape index (κ2) is 6.57. The SMILES string of the molecule is O=C(C[C@@H]1CC[C@@H]1c1c(Cl)cccc1Cl)c1ncccc1Cl. The van der Waals surface area contributed by atoms with Crippen LogP contribution < -0.4 is 0 Å². The van der Waals surface area contributed by atoms with E-state index in [0.717, 1.165) is 18.4 Å². The van der Waals surface area contributed by atoms with Gasteiger partial charge < -0.3 is 0 Å². The van der Waals surface area contributed by atoms with E-state index in [-0.39, 0.29) is 17.6 Å². The number of nitrogens with zero attached hydrogens (tertiary/aromatic N) is 1. The number of pyridine rings is 1. The monoisotopic (exact) mass is 353 g/mol. The van der Waals surface area contributed by atoms with Crippen LogP contribution in [0.3, 0.4) is 0 Å². The first kappa shape index (κ1) is 15.8. The lowest BCUT2D eigenvalue weighted by atomic mass is 9.67. The fourth-order valence-electron chi connectivity index (χ4n) is 2.98. The van der Waals surface area contributed by atoms with Crippen LogP contribution in [0.1, 0.15) is 41.2 Å². The molecule has 2 aromatic rings. The summed E-state index contributed by atoms with van der Waals surface area (Å²) in [7, 11) is 0. The average Bonchev–Trinajstić information content (AvgIpc) is 2.47. The molecule has 0 amide bonds. The molecule has 22 heavy (non-hydrogen) atoms. The minimum atomic E-state index is -0.0246. The average molecular weight is 355 g/mol. The quantitative estimate of drug-likeness (QED) is 0.649. The van der Waals surface area contributed by atoms with Crippen molar-refractivity contribution in [2.75, 3.05) is 0 Å². The Hall–Kier alpha value is -1.09. The highest BCUT2D eigenvalue weighted by molar-refractivity contribution is 6.36. The van der Waals surface area contributed by atoms with Gasteiger partial charge in [0.2, 0.25) is 0 Å². The van der Waals surface area contributed by atoms with Crippen LogP contribution in [0, 0.1) is 5.92 Å². The molecule has 5 heteroatoms. The Morgan fingerprint density at radius 1 is 1.05 bits per heavy atom. The lowest BCUT2D eigenvalue weighted by molar-refractivity contribution is 0.0914. The lowest BCUT2D eigenvalue weighted by Gasteiger charge is -2.37. The number of rotatable bonds is 4. The summed E-state index contributed by atoms with van der Waals surface area (Å²) in [6.07, 6.45) is 3.99. The standard InChI is InChI=1S/C17H14Cl3NO/c18-12-3-1-4-13(19)16(12)11-7-6-10(11)9-15(22)17-14(20)5-2-8-21-17/h1-5,8,10-11H,6-7,9H2/t10-,11-/m0/s1. The summed E-state index contributed by atoms with van der Waals surface area (Å²) in [4.78, 5) is 16.5. The van der Waals surface area contributed by atoms with Crippen LogP contribution >= 0.6 is 34.8 Å². The molecule has 0 spiro atoms. The molecule has 0 bridgehead atoms. The van der Waals surface area contributed by atoms with Crippen molar-refractivity contribution in [2.24, 2.45) is 5.92 Å². The smallest absolute Gasteiger partial charge is 0.183 e. The number of ketones is 1. The van der Waals surface area contributed by atoms with Crippen LogP contribution in [0.15, 0.2) is 36.5 Å². The van der Waals surface area contributed by atoms with Crippen molar-refractivity contribution in [1.29, 1.82) is 0 Å². The van der Waals surface area contributed by atoms with E-state index in [4.69, 9.17) is 34.8 Å². The topological polar surface area (TPSA) is 30.0 Å². The molecule has 1 aliphatic carbocycles. The fraction of sp³-hybridized carbons (Fsp3) is 0.294. The van der Waals surface area contributed by atoms with Gasteiger partial charge in [0, 0.05) is 22.7 Å². The molecule has 3 rings (SSSR count). The second-order valence-electron chi connectivity index (χ2n) is 5.54. The Labute approximate surface area is 144 Å². The van der Waals surface area contributed by atoms with Crippen molar-refractivity contribution >= 4 is 40.6 Å². The first-order valence-electron chi connectivity index (χ1n) is 7.15. The molecule has 1 fully saturated rings. The van der Waals surface area contributed by atoms with Crippen molar-refractivity contribution in [1.82, 2.24) is 4.98 Å². The summed E-state index contributed by atoms with van der Waals surface area (Å²) in [5.74, 6) is 0.444. The van der Waals surface area contributed by atoms with Crippen LogP contribution in [0.4, 0.5) is 0 Å². The number of aromatic nitrogens is 1. The van der Waals surface area contributed by atoms with Gasteiger partial charge in [-0.1, -0.05) is 40.9 Å². The van der Waals surface area contributed by atoms with Gasteiger partial charge in [0.25, 0.3) is 0 Å². The van der Waals surface area contributed by atoms with Crippen LogP contribution in [-0.4, -0.2) is 10.8 Å². The molecule has 2 atom stereocenters. The minimum absolute atomic E-state index is 0.0246. The molecule has 0 N–H and O–H groups in total. The molecule has 1 heterocycles. The molecular weight excluding hydrogens is 341 g/mol. The van der Waals surface area contributed by atoms with E-state index in [1.165, 1.54) is 0 Å². The summed E-state index contributed by atoms with van der Waals surface area (Å²) in [6.45, 7) is 0. The largest absolute Gasteiger partial charge is 0.292 e. The predicted octanol–water partition coefficient (Wildman–Crippen LogP) is 5.81. The van der Waals surface area contributed by atoms with E-state index in [1.54, 1.807) is 18.3 Å². The Balaban J connectivity index is 1.77. The zero-order valence-corrected chi connectivity index (χ0v) is 14.0. The number of Topliss-reactive ketones (excluding diaryl/α,β-unsaturated/α-hetero) is 1. The summed E-state index contributed by atoms with van der Waals surface area (Å²) >= 11 is 18.6. The first-order valence-corrected chi connectivity index (χ1v) is 8.29. The predicted molar refractivity (Wildman–Crippen MR) is 90.1 cm³/mol. The first-order chi connectivity index (χ1) is 10.6. The minimum Gasteiger partial charge on any atom is -0.292 e. The summed E-state index contributed by atoms with van der Waals surface area (Å²) < 4.78 is 0. The summed E-state index contributed by atoms with van der Waals surface area (Å²) in [6, 6.07) is 8.92. The molecule has 1 aromatic carbocycles. The zero-order valence-electron chi connectivity index (χ0n) is 11.7. The van der Waals surface area contributed by atoms with Gasteiger partial charge in [-0.3, -0.25) is 9.78 Å². The van der Waals surface area contributed by atoms with E-state index in [9.17, 15) is 4.79 Å². The Morgan fingerprint density at radius 2 is 1.73 bits per heavy atom. The van der Waals surface area contributed by atoms with Gasteiger partial charge in [-0.2, -0.15) is 0 Å². The second-order valence-corrected chi connectivity index (χ2v) is 6.76. The third kappa shape index (κ3) is 3.01. The third-order valence-electron chi connectivity index (χ3n) is 4.26.